The Balaban J connectivity index is 1.40. The fourth-order valence-corrected chi connectivity index (χ4v) is 3.44. The molecule has 160 valence electrons. The average Bonchev–Trinajstić information content (AvgIpc) is 2.73. The maximum absolute atomic E-state index is 12.4. The molecule has 1 saturated heterocycles. The van der Waals surface area contributed by atoms with Crippen LogP contribution in [0, 0.1) is 6.92 Å². The average molecular weight is 415 g/mol. The second-order valence-corrected chi connectivity index (χ2v) is 7.21. The summed E-state index contributed by atoms with van der Waals surface area (Å²) in [6.07, 6.45) is 2.82. The Hall–Kier alpha value is -2.93. The first-order valence-electron chi connectivity index (χ1n) is 10.0. The Bertz CT molecular complexity index is 865. The number of para-hydroxylation sites is 1. The number of rotatable bonds is 8. The van der Waals surface area contributed by atoms with Gasteiger partial charge in [0.25, 0.3) is 0 Å². The van der Waals surface area contributed by atoms with E-state index in [0.717, 1.165) is 32.7 Å². The third-order valence-electron chi connectivity index (χ3n) is 5.02. The van der Waals surface area contributed by atoms with E-state index < -0.39 is 6.61 Å². The second-order valence-electron chi connectivity index (χ2n) is 7.21. The predicted molar refractivity (Wildman–Crippen MR) is 115 cm³/mol. The molecular weight excluding hydrogens is 388 g/mol. The molecule has 0 aliphatic carbocycles. The quantitative estimate of drug-likeness (QED) is 0.670. The molecule has 0 radical (unpaired) electrons. The van der Waals surface area contributed by atoms with Crippen molar-refractivity contribution in [2.75, 3.05) is 44.2 Å². The summed E-state index contributed by atoms with van der Waals surface area (Å²) < 4.78 is 29.4. The Morgan fingerprint density at radius 2 is 1.90 bits per heavy atom. The zero-order valence-corrected chi connectivity index (χ0v) is 17.1. The lowest BCUT2D eigenvalue weighted by molar-refractivity contribution is -0.116. The van der Waals surface area contributed by atoms with Crippen LogP contribution in [0.3, 0.4) is 0 Å². The summed E-state index contributed by atoms with van der Waals surface area (Å²) in [6, 6.07) is 14.9. The lowest BCUT2D eigenvalue weighted by Crippen LogP contribution is -2.48. The van der Waals surface area contributed by atoms with Crippen molar-refractivity contribution in [3.63, 3.8) is 0 Å². The number of ether oxygens (including phenoxy) is 1. The molecule has 5 nitrogen and oxygen atoms in total. The summed E-state index contributed by atoms with van der Waals surface area (Å²) in [5.74, 6) is -0.219. The molecule has 2 aromatic carbocycles. The molecule has 1 fully saturated rings. The van der Waals surface area contributed by atoms with Gasteiger partial charge >= 0.3 is 6.61 Å². The van der Waals surface area contributed by atoms with Gasteiger partial charge in [-0.15, -0.1) is 0 Å². The maximum Gasteiger partial charge on any atom is 0.387 e. The molecule has 0 spiro atoms. The molecule has 1 heterocycles. The smallest absolute Gasteiger partial charge is 0.387 e. The van der Waals surface area contributed by atoms with Crippen LogP contribution in [0.15, 0.2) is 54.6 Å². The minimum absolute atomic E-state index is 0.0445. The van der Waals surface area contributed by atoms with Gasteiger partial charge in [0.05, 0.1) is 0 Å². The second kappa shape index (κ2) is 10.7. The Labute approximate surface area is 175 Å². The van der Waals surface area contributed by atoms with Crippen LogP contribution in [0.5, 0.6) is 5.75 Å². The highest BCUT2D eigenvalue weighted by atomic mass is 19.3. The molecular formula is C23H27F2N3O2. The summed E-state index contributed by atoms with van der Waals surface area (Å²) in [6.45, 7) is 4.29. The van der Waals surface area contributed by atoms with Crippen molar-refractivity contribution in [2.45, 2.75) is 13.5 Å². The number of nitrogens with zero attached hydrogens (tertiary/aromatic N) is 2. The molecule has 0 saturated carbocycles. The molecule has 1 aliphatic rings. The number of hydrogen-bond acceptors (Lipinski definition) is 4. The molecule has 0 bridgehead atoms. The number of anilines is 1. The molecule has 3 rings (SSSR count). The van der Waals surface area contributed by atoms with Crippen molar-refractivity contribution in [1.82, 2.24) is 10.2 Å². The minimum atomic E-state index is -2.90. The zero-order chi connectivity index (χ0) is 21.3. The standard InChI is InChI=1S/C23H27F2N3O2/c1-18-5-4-7-20(17-18)28-15-13-27(14-16-28)12-11-26-22(29)10-9-19-6-2-3-8-21(19)30-23(24)25/h2-10,17,23H,11-16H2,1H3,(H,26,29)/b10-9+. The number of halogens is 2. The van der Waals surface area contributed by atoms with Gasteiger partial charge in [0.2, 0.25) is 5.91 Å². The summed E-state index contributed by atoms with van der Waals surface area (Å²) in [4.78, 5) is 16.7. The topological polar surface area (TPSA) is 44.8 Å². The third-order valence-corrected chi connectivity index (χ3v) is 5.02. The van der Waals surface area contributed by atoms with Gasteiger partial charge in [-0.25, -0.2) is 0 Å². The van der Waals surface area contributed by atoms with E-state index in [4.69, 9.17) is 0 Å². The van der Waals surface area contributed by atoms with E-state index in [1.54, 1.807) is 18.2 Å². The maximum atomic E-state index is 12.4. The molecule has 7 heteroatoms. The number of piperazine rings is 1. The fourth-order valence-electron chi connectivity index (χ4n) is 3.44. The number of hydrogen-bond donors (Lipinski definition) is 1. The summed E-state index contributed by atoms with van der Waals surface area (Å²) in [7, 11) is 0. The number of amides is 1. The van der Waals surface area contributed by atoms with Gasteiger partial charge in [0.15, 0.2) is 0 Å². The van der Waals surface area contributed by atoms with Crippen molar-refractivity contribution >= 4 is 17.7 Å². The highest BCUT2D eigenvalue weighted by Gasteiger charge is 2.17. The SMILES string of the molecule is Cc1cccc(N2CCN(CCNC(=O)/C=C/c3ccccc3OC(F)F)CC2)c1. The van der Waals surface area contributed by atoms with Crippen LogP contribution in [0.4, 0.5) is 14.5 Å². The lowest BCUT2D eigenvalue weighted by Gasteiger charge is -2.36. The molecule has 2 aromatic rings. The molecule has 0 atom stereocenters. The third kappa shape index (κ3) is 6.56. The number of aryl methyl sites for hydroxylation is 1. The lowest BCUT2D eigenvalue weighted by atomic mass is 10.2. The van der Waals surface area contributed by atoms with E-state index in [9.17, 15) is 13.6 Å². The minimum Gasteiger partial charge on any atom is -0.434 e. The molecule has 0 aromatic heterocycles. The Kier molecular flexibility index (Phi) is 7.79. The normalized spacial score (nSPS) is 15.0. The van der Waals surface area contributed by atoms with E-state index in [0.29, 0.717) is 12.1 Å². The molecule has 1 N–H and O–H groups in total. The van der Waals surface area contributed by atoms with Crippen LogP contribution in [0.25, 0.3) is 6.08 Å². The van der Waals surface area contributed by atoms with Crippen molar-refractivity contribution < 1.29 is 18.3 Å². The number of carbonyl (C=O) groups is 1. The van der Waals surface area contributed by atoms with Gasteiger partial charge in [0, 0.05) is 56.6 Å². The van der Waals surface area contributed by atoms with E-state index in [2.05, 4.69) is 51.0 Å². The van der Waals surface area contributed by atoms with Crippen LogP contribution < -0.4 is 15.0 Å². The van der Waals surface area contributed by atoms with E-state index in [1.807, 2.05) is 0 Å². The van der Waals surface area contributed by atoms with E-state index in [-0.39, 0.29) is 11.7 Å². The molecule has 0 unspecified atom stereocenters. The fraction of sp³-hybridized carbons (Fsp3) is 0.348. The largest absolute Gasteiger partial charge is 0.434 e. The van der Waals surface area contributed by atoms with Gasteiger partial charge in [0.1, 0.15) is 5.75 Å². The van der Waals surface area contributed by atoms with E-state index in [1.165, 1.54) is 29.5 Å². The first-order chi connectivity index (χ1) is 14.5. The van der Waals surface area contributed by atoms with Crippen molar-refractivity contribution in [3.8, 4) is 5.75 Å². The van der Waals surface area contributed by atoms with Crippen LogP contribution in [0.1, 0.15) is 11.1 Å². The Morgan fingerprint density at radius 1 is 1.13 bits per heavy atom. The Morgan fingerprint density at radius 3 is 2.63 bits per heavy atom. The number of nitrogens with one attached hydrogen (secondary N) is 1. The molecule has 30 heavy (non-hydrogen) atoms. The zero-order valence-electron chi connectivity index (χ0n) is 17.1. The van der Waals surface area contributed by atoms with Crippen molar-refractivity contribution in [2.24, 2.45) is 0 Å². The monoisotopic (exact) mass is 415 g/mol. The van der Waals surface area contributed by atoms with Gasteiger partial charge in [-0.2, -0.15) is 8.78 Å². The van der Waals surface area contributed by atoms with Crippen LogP contribution >= 0.6 is 0 Å². The van der Waals surface area contributed by atoms with Crippen LogP contribution in [-0.4, -0.2) is 56.7 Å². The summed E-state index contributed by atoms with van der Waals surface area (Å²) in [5.41, 5.74) is 2.94. The number of benzene rings is 2. The summed E-state index contributed by atoms with van der Waals surface area (Å²) >= 11 is 0. The number of carbonyl (C=O) groups excluding carboxylic acids is 1. The van der Waals surface area contributed by atoms with Gasteiger partial charge in [-0.1, -0.05) is 30.3 Å². The van der Waals surface area contributed by atoms with Crippen molar-refractivity contribution in [3.05, 3.63) is 65.7 Å². The highest BCUT2D eigenvalue weighted by molar-refractivity contribution is 5.92. The van der Waals surface area contributed by atoms with Gasteiger partial charge < -0.3 is 15.0 Å². The highest BCUT2D eigenvalue weighted by Crippen LogP contribution is 2.21. The van der Waals surface area contributed by atoms with Gasteiger partial charge in [-0.05, 0) is 36.8 Å². The number of alkyl halides is 2. The van der Waals surface area contributed by atoms with Gasteiger partial charge in [-0.3, -0.25) is 9.69 Å². The van der Waals surface area contributed by atoms with E-state index >= 15 is 0 Å². The summed E-state index contributed by atoms with van der Waals surface area (Å²) in [5, 5.41) is 2.84. The first-order valence-corrected chi connectivity index (χ1v) is 10.0. The van der Waals surface area contributed by atoms with Crippen molar-refractivity contribution in [1.29, 1.82) is 0 Å². The van der Waals surface area contributed by atoms with Crippen LogP contribution in [0.2, 0.25) is 0 Å². The first kappa shape index (κ1) is 21.8. The van der Waals surface area contributed by atoms with Crippen LogP contribution in [-0.2, 0) is 4.79 Å². The predicted octanol–water partition coefficient (Wildman–Crippen LogP) is 3.55. The molecule has 1 amide bonds. The molecule has 1 aliphatic heterocycles.